The van der Waals surface area contributed by atoms with Crippen molar-refractivity contribution in [3.8, 4) is 5.75 Å². The predicted molar refractivity (Wildman–Crippen MR) is 78.1 cm³/mol. The van der Waals surface area contributed by atoms with Crippen LogP contribution < -0.4 is 10.5 Å². The van der Waals surface area contributed by atoms with Gasteiger partial charge >= 0.3 is 0 Å². The summed E-state index contributed by atoms with van der Waals surface area (Å²) < 4.78 is 23.9. The van der Waals surface area contributed by atoms with Crippen LogP contribution in [0.1, 0.15) is 15.9 Å². The van der Waals surface area contributed by atoms with E-state index in [4.69, 9.17) is 15.2 Å². The summed E-state index contributed by atoms with van der Waals surface area (Å²) in [7, 11) is 1.56. The summed E-state index contributed by atoms with van der Waals surface area (Å²) in [6, 6.07) is 10.9. The number of ketones is 1. The Kier molecular flexibility index (Phi) is 4.90. The smallest absolute Gasteiger partial charge is 0.198 e. The molecule has 0 saturated carbocycles. The van der Waals surface area contributed by atoms with E-state index in [9.17, 15) is 9.18 Å². The highest BCUT2D eigenvalue weighted by Gasteiger charge is 2.18. The van der Waals surface area contributed by atoms with Gasteiger partial charge in [-0.25, -0.2) is 4.39 Å². The Morgan fingerprint density at radius 2 is 1.81 bits per heavy atom. The molecule has 21 heavy (non-hydrogen) atoms. The Labute approximate surface area is 122 Å². The number of para-hydroxylation sites is 2. The van der Waals surface area contributed by atoms with Gasteiger partial charge in [-0.05, 0) is 24.3 Å². The molecule has 2 aromatic rings. The molecule has 0 aliphatic carbocycles. The van der Waals surface area contributed by atoms with E-state index in [1.165, 1.54) is 18.2 Å². The van der Waals surface area contributed by atoms with Crippen LogP contribution in [0.25, 0.3) is 0 Å². The highest BCUT2D eigenvalue weighted by Crippen LogP contribution is 2.25. The fraction of sp³-hybridized carbons (Fsp3) is 0.188. The van der Waals surface area contributed by atoms with Crippen LogP contribution in [0, 0.1) is 5.82 Å². The van der Waals surface area contributed by atoms with E-state index in [0.29, 0.717) is 24.5 Å². The summed E-state index contributed by atoms with van der Waals surface area (Å²) in [6.45, 7) is 0.726. The molecule has 0 fully saturated rings. The highest BCUT2D eigenvalue weighted by atomic mass is 19.1. The summed E-state index contributed by atoms with van der Waals surface area (Å²) in [4.78, 5) is 12.5. The van der Waals surface area contributed by atoms with Crippen molar-refractivity contribution in [1.29, 1.82) is 0 Å². The second-order valence-corrected chi connectivity index (χ2v) is 4.37. The molecule has 0 amide bonds. The van der Waals surface area contributed by atoms with Gasteiger partial charge in [0.25, 0.3) is 0 Å². The first-order valence-corrected chi connectivity index (χ1v) is 6.44. The van der Waals surface area contributed by atoms with Gasteiger partial charge in [0.05, 0.1) is 17.9 Å². The lowest BCUT2D eigenvalue weighted by atomic mass is 10.0. The van der Waals surface area contributed by atoms with Crippen molar-refractivity contribution < 1.29 is 18.7 Å². The molecule has 0 aliphatic rings. The lowest BCUT2D eigenvalue weighted by Gasteiger charge is -2.11. The monoisotopic (exact) mass is 289 g/mol. The number of rotatable bonds is 6. The summed E-state index contributed by atoms with van der Waals surface area (Å²) in [5, 5.41) is 0. The molecule has 5 heteroatoms. The topological polar surface area (TPSA) is 61.5 Å². The van der Waals surface area contributed by atoms with Crippen molar-refractivity contribution in [2.24, 2.45) is 0 Å². The second kappa shape index (κ2) is 6.85. The Morgan fingerprint density at radius 1 is 1.10 bits per heavy atom. The second-order valence-electron chi connectivity index (χ2n) is 4.37. The Morgan fingerprint density at radius 3 is 2.57 bits per heavy atom. The van der Waals surface area contributed by atoms with Crippen LogP contribution in [0.5, 0.6) is 5.75 Å². The molecule has 0 heterocycles. The molecule has 0 radical (unpaired) electrons. The normalized spacial score (nSPS) is 10.4. The number of ether oxygens (including phenoxy) is 2. The average Bonchev–Trinajstić information content (AvgIpc) is 2.50. The summed E-state index contributed by atoms with van der Waals surface area (Å²) in [6.07, 6.45) is 0. The molecular weight excluding hydrogens is 273 g/mol. The standard InChI is InChI=1S/C16H16FNO3/c1-20-9-10-21-14-8-3-2-5-11(14)16(19)12-6-4-7-13(17)15(12)18/h2-8H,9-10,18H2,1H3. The number of anilines is 1. The van der Waals surface area contributed by atoms with E-state index in [1.807, 2.05) is 0 Å². The average molecular weight is 289 g/mol. The summed E-state index contributed by atoms with van der Waals surface area (Å²) in [5.41, 5.74) is 5.94. The van der Waals surface area contributed by atoms with Crippen molar-refractivity contribution in [2.45, 2.75) is 0 Å². The lowest BCUT2D eigenvalue weighted by molar-refractivity contribution is 0.103. The van der Waals surface area contributed by atoms with Gasteiger partial charge in [0.1, 0.15) is 18.2 Å². The Balaban J connectivity index is 2.33. The zero-order chi connectivity index (χ0) is 15.2. The quantitative estimate of drug-likeness (QED) is 0.504. The van der Waals surface area contributed by atoms with Crippen LogP contribution in [-0.4, -0.2) is 26.1 Å². The molecule has 110 valence electrons. The third kappa shape index (κ3) is 3.38. The van der Waals surface area contributed by atoms with Crippen LogP contribution in [0.3, 0.4) is 0 Å². The first kappa shape index (κ1) is 15.0. The number of carbonyl (C=O) groups excluding carboxylic acids is 1. The van der Waals surface area contributed by atoms with Crippen LogP contribution >= 0.6 is 0 Å². The molecule has 0 saturated heterocycles. The highest BCUT2D eigenvalue weighted by molar-refractivity contribution is 6.13. The zero-order valence-corrected chi connectivity index (χ0v) is 11.6. The number of hydrogen-bond acceptors (Lipinski definition) is 4. The van der Waals surface area contributed by atoms with Crippen LogP contribution in [0.2, 0.25) is 0 Å². The third-order valence-corrected chi connectivity index (χ3v) is 2.97. The molecule has 4 nitrogen and oxygen atoms in total. The van der Waals surface area contributed by atoms with E-state index in [1.54, 1.807) is 31.4 Å². The molecule has 0 atom stereocenters. The summed E-state index contributed by atoms with van der Waals surface area (Å²) in [5.74, 6) is -0.568. The first-order chi connectivity index (χ1) is 10.1. The molecule has 0 unspecified atom stereocenters. The minimum absolute atomic E-state index is 0.123. The van der Waals surface area contributed by atoms with Gasteiger partial charge in [-0.15, -0.1) is 0 Å². The van der Waals surface area contributed by atoms with Crippen molar-refractivity contribution in [3.05, 3.63) is 59.4 Å². The maximum absolute atomic E-state index is 13.5. The molecule has 0 bridgehead atoms. The van der Waals surface area contributed by atoms with Crippen molar-refractivity contribution in [2.75, 3.05) is 26.1 Å². The molecule has 2 rings (SSSR count). The minimum atomic E-state index is -0.612. The number of benzene rings is 2. The number of nitrogen functional groups attached to an aromatic ring is 1. The third-order valence-electron chi connectivity index (χ3n) is 2.97. The molecule has 0 spiro atoms. The van der Waals surface area contributed by atoms with Gasteiger partial charge in [0.15, 0.2) is 5.78 Å². The van der Waals surface area contributed by atoms with Crippen LogP contribution in [0.15, 0.2) is 42.5 Å². The summed E-state index contributed by atoms with van der Waals surface area (Å²) >= 11 is 0. The molecule has 2 aromatic carbocycles. The van der Waals surface area contributed by atoms with E-state index >= 15 is 0 Å². The van der Waals surface area contributed by atoms with Crippen molar-refractivity contribution >= 4 is 11.5 Å². The zero-order valence-electron chi connectivity index (χ0n) is 11.6. The Hall–Kier alpha value is -2.40. The number of methoxy groups -OCH3 is 1. The number of hydrogen-bond donors (Lipinski definition) is 1. The van der Waals surface area contributed by atoms with E-state index in [2.05, 4.69) is 0 Å². The number of carbonyl (C=O) groups is 1. The van der Waals surface area contributed by atoms with Gasteiger partial charge in [-0.1, -0.05) is 18.2 Å². The predicted octanol–water partition coefficient (Wildman–Crippen LogP) is 2.66. The fourth-order valence-corrected chi connectivity index (χ4v) is 1.90. The minimum Gasteiger partial charge on any atom is -0.490 e. The maximum atomic E-state index is 13.5. The SMILES string of the molecule is COCCOc1ccccc1C(=O)c1cccc(F)c1N. The maximum Gasteiger partial charge on any atom is 0.198 e. The van der Waals surface area contributed by atoms with E-state index < -0.39 is 5.82 Å². The van der Waals surface area contributed by atoms with Gasteiger partial charge in [0, 0.05) is 12.7 Å². The van der Waals surface area contributed by atoms with E-state index in [-0.39, 0.29) is 17.0 Å². The molecule has 0 aliphatic heterocycles. The number of nitrogens with two attached hydrogens (primary N) is 1. The van der Waals surface area contributed by atoms with Crippen molar-refractivity contribution in [1.82, 2.24) is 0 Å². The van der Waals surface area contributed by atoms with Crippen LogP contribution in [-0.2, 0) is 4.74 Å². The van der Waals surface area contributed by atoms with Gasteiger partial charge in [-0.3, -0.25) is 4.79 Å². The van der Waals surface area contributed by atoms with Gasteiger partial charge < -0.3 is 15.2 Å². The van der Waals surface area contributed by atoms with Gasteiger partial charge in [-0.2, -0.15) is 0 Å². The van der Waals surface area contributed by atoms with Crippen LogP contribution in [0.4, 0.5) is 10.1 Å². The first-order valence-electron chi connectivity index (χ1n) is 6.44. The van der Waals surface area contributed by atoms with Gasteiger partial charge in [0.2, 0.25) is 0 Å². The van der Waals surface area contributed by atoms with E-state index in [0.717, 1.165) is 0 Å². The molecule has 2 N–H and O–H groups in total. The lowest BCUT2D eigenvalue weighted by Crippen LogP contribution is -2.11. The number of halogens is 1. The molecular formula is C16H16FNO3. The Bertz CT molecular complexity index is 643. The molecule has 0 aromatic heterocycles. The fourth-order valence-electron chi connectivity index (χ4n) is 1.90. The largest absolute Gasteiger partial charge is 0.490 e. The van der Waals surface area contributed by atoms with Crippen molar-refractivity contribution in [3.63, 3.8) is 0 Å².